The standard InChI is InChI=1S/C21H20ClFN4OS/c22-16-7-5-14(6-8-16)13-19-25-26-21(29-19)24-20(28)15-9-11-27(12-10-15)18-4-2-1-3-17(18)23/h1-8,15H,9-13H2,(H,24,26,28). The molecule has 1 aliphatic rings. The number of para-hydroxylation sites is 1. The molecule has 1 amide bonds. The highest BCUT2D eigenvalue weighted by molar-refractivity contribution is 7.15. The number of nitrogens with one attached hydrogen (secondary N) is 1. The zero-order valence-electron chi connectivity index (χ0n) is 15.6. The van der Waals surface area contributed by atoms with Crippen LogP contribution < -0.4 is 10.2 Å². The van der Waals surface area contributed by atoms with Crippen molar-refractivity contribution in [3.8, 4) is 0 Å². The van der Waals surface area contributed by atoms with Crippen molar-refractivity contribution in [2.75, 3.05) is 23.3 Å². The Morgan fingerprint density at radius 2 is 1.86 bits per heavy atom. The van der Waals surface area contributed by atoms with Gasteiger partial charge in [0.15, 0.2) is 0 Å². The fraction of sp³-hybridized carbons (Fsp3) is 0.286. The molecule has 3 aromatic rings. The molecule has 1 saturated heterocycles. The molecule has 1 N–H and O–H groups in total. The van der Waals surface area contributed by atoms with E-state index in [1.165, 1.54) is 17.4 Å². The fourth-order valence-electron chi connectivity index (χ4n) is 3.45. The van der Waals surface area contributed by atoms with Crippen molar-refractivity contribution in [3.63, 3.8) is 0 Å². The van der Waals surface area contributed by atoms with Crippen molar-refractivity contribution < 1.29 is 9.18 Å². The highest BCUT2D eigenvalue weighted by Gasteiger charge is 2.26. The molecular formula is C21H20ClFN4OS. The molecular weight excluding hydrogens is 411 g/mol. The molecule has 2 aromatic carbocycles. The van der Waals surface area contributed by atoms with Crippen LogP contribution in [0, 0.1) is 11.7 Å². The average molecular weight is 431 g/mol. The van der Waals surface area contributed by atoms with Gasteiger partial charge in [0.1, 0.15) is 10.8 Å². The van der Waals surface area contributed by atoms with Crippen LogP contribution in [-0.4, -0.2) is 29.2 Å². The Morgan fingerprint density at radius 3 is 2.59 bits per heavy atom. The number of amides is 1. The molecule has 5 nitrogen and oxygen atoms in total. The number of rotatable bonds is 5. The highest BCUT2D eigenvalue weighted by atomic mass is 35.5. The summed E-state index contributed by atoms with van der Waals surface area (Å²) in [5.41, 5.74) is 1.69. The minimum absolute atomic E-state index is 0.0487. The number of carbonyl (C=O) groups is 1. The van der Waals surface area contributed by atoms with E-state index in [-0.39, 0.29) is 17.6 Å². The van der Waals surface area contributed by atoms with E-state index < -0.39 is 0 Å². The molecule has 0 radical (unpaired) electrons. The smallest absolute Gasteiger partial charge is 0.229 e. The first-order chi connectivity index (χ1) is 14.1. The Kier molecular flexibility index (Phi) is 6.06. The van der Waals surface area contributed by atoms with Gasteiger partial charge in [-0.25, -0.2) is 4.39 Å². The van der Waals surface area contributed by atoms with Crippen LogP contribution in [0.3, 0.4) is 0 Å². The summed E-state index contributed by atoms with van der Waals surface area (Å²) in [5.74, 6) is -0.383. The first kappa shape index (κ1) is 19.8. The van der Waals surface area contributed by atoms with Crippen molar-refractivity contribution in [1.82, 2.24) is 10.2 Å². The molecule has 1 aromatic heterocycles. The molecule has 0 aliphatic carbocycles. The molecule has 8 heteroatoms. The van der Waals surface area contributed by atoms with Gasteiger partial charge in [-0.2, -0.15) is 0 Å². The summed E-state index contributed by atoms with van der Waals surface area (Å²) in [5, 5.41) is 13.2. The molecule has 0 atom stereocenters. The van der Waals surface area contributed by atoms with E-state index in [4.69, 9.17) is 11.6 Å². The van der Waals surface area contributed by atoms with Crippen molar-refractivity contribution in [1.29, 1.82) is 0 Å². The van der Waals surface area contributed by atoms with E-state index in [1.54, 1.807) is 12.1 Å². The molecule has 4 rings (SSSR count). The SMILES string of the molecule is O=C(Nc1nnc(Cc2ccc(Cl)cc2)s1)C1CCN(c2ccccc2F)CC1. The van der Waals surface area contributed by atoms with Gasteiger partial charge in [0.25, 0.3) is 0 Å². The Balaban J connectivity index is 1.31. The van der Waals surface area contributed by atoms with Crippen molar-refractivity contribution in [3.05, 3.63) is 69.9 Å². The lowest BCUT2D eigenvalue weighted by atomic mass is 9.95. The van der Waals surface area contributed by atoms with Gasteiger partial charge in [0, 0.05) is 30.5 Å². The molecule has 29 heavy (non-hydrogen) atoms. The molecule has 0 bridgehead atoms. The van der Waals surface area contributed by atoms with E-state index in [1.807, 2.05) is 35.2 Å². The van der Waals surface area contributed by atoms with Crippen molar-refractivity contribution >= 4 is 39.7 Å². The van der Waals surface area contributed by atoms with E-state index >= 15 is 0 Å². The van der Waals surface area contributed by atoms with Crippen LogP contribution in [0.25, 0.3) is 0 Å². The number of piperidine rings is 1. The monoisotopic (exact) mass is 430 g/mol. The third-order valence-corrected chi connectivity index (χ3v) is 6.12. The first-order valence-electron chi connectivity index (χ1n) is 9.45. The van der Waals surface area contributed by atoms with Gasteiger partial charge < -0.3 is 10.2 Å². The molecule has 150 valence electrons. The largest absolute Gasteiger partial charge is 0.369 e. The second kappa shape index (κ2) is 8.88. The second-order valence-corrected chi connectivity index (χ2v) is 8.50. The number of halogens is 2. The maximum absolute atomic E-state index is 14.0. The van der Waals surface area contributed by atoms with Crippen LogP contribution in [0.15, 0.2) is 48.5 Å². The van der Waals surface area contributed by atoms with Gasteiger partial charge in [-0.3, -0.25) is 4.79 Å². The van der Waals surface area contributed by atoms with Crippen molar-refractivity contribution in [2.45, 2.75) is 19.3 Å². The number of hydrogen-bond acceptors (Lipinski definition) is 5. The summed E-state index contributed by atoms with van der Waals surface area (Å²) >= 11 is 7.28. The number of nitrogens with zero attached hydrogens (tertiary/aromatic N) is 3. The first-order valence-corrected chi connectivity index (χ1v) is 10.6. The van der Waals surface area contributed by atoms with Gasteiger partial charge >= 0.3 is 0 Å². The number of carbonyl (C=O) groups excluding carboxylic acids is 1. The molecule has 0 spiro atoms. The van der Waals surface area contributed by atoms with Gasteiger partial charge in [0.2, 0.25) is 11.0 Å². The number of benzene rings is 2. The number of aromatic nitrogens is 2. The fourth-order valence-corrected chi connectivity index (χ4v) is 4.35. The summed E-state index contributed by atoms with van der Waals surface area (Å²) < 4.78 is 14.0. The number of hydrogen-bond donors (Lipinski definition) is 1. The van der Waals surface area contributed by atoms with Gasteiger partial charge in [-0.15, -0.1) is 10.2 Å². The minimum Gasteiger partial charge on any atom is -0.369 e. The topological polar surface area (TPSA) is 58.1 Å². The van der Waals surface area contributed by atoms with Crippen molar-refractivity contribution in [2.24, 2.45) is 5.92 Å². The molecule has 2 heterocycles. The van der Waals surface area contributed by atoms with Crippen LogP contribution in [0.1, 0.15) is 23.4 Å². The lowest BCUT2D eigenvalue weighted by Gasteiger charge is -2.33. The van der Waals surface area contributed by atoms with Crippen LogP contribution in [0.5, 0.6) is 0 Å². The van der Waals surface area contributed by atoms with Crippen LogP contribution in [0.4, 0.5) is 15.2 Å². The highest BCUT2D eigenvalue weighted by Crippen LogP contribution is 2.27. The maximum Gasteiger partial charge on any atom is 0.229 e. The van der Waals surface area contributed by atoms with E-state index in [9.17, 15) is 9.18 Å². The van der Waals surface area contributed by atoms with Gasteiger partial charge in [-0.05, 0) is 42.7 Å². The average Bonchev–Trinajstić information content (AvgIpc) is 3.17. The summed E-state index contributed by atoms with van der Waals surface area (Å²) in [7, 11) is 0. The predicted octanol–water partition coefficient (Wildman–Crippen LogP) is 4.78. The summed E-state index contributed by atoms with van der Waals surface area (Å²) in [4.78, 5) is 14.6. The quantitative estimate of drug-likeness (QED) is 0.633. The zero-order valence-corrected chi connectivity index (χ0v) is 17.2. The van der Waals surface area contributed by atoms with E-state index in [2.05, 4.69) is 15.5 Å². The third kappa shape index (κ3) is 4.92. The summed E-state index contributed by atoms with van der Waals surface area (Å²) in [6, 6.07) is 14.3. The molecule has 0 unspecified atom stereocenters. The normalized spacial score (nSPS) is 14.8. The maximum atomic E-state index is 14.0. The lowest BCUT2D eigenvalue weighted by molar-refractivity contribution is -0.120. The van der Waals surface area contributed by atoms with Crippen LogP contribution >= 0.6 is 22.9 Å². The van der Waals surface area contributed by atoms with E-state index in [0.29, 0.717) is 48.2 Å². The Morgan fingerprint density at radius 1 is 1.14 bits per heavy atom. The Bertz CT molecular complexity index is 986. The summed E-state index contributed by atoms with van der Waals surface area (Å²) in [6.07, 6.45) is 2.00. The summed E-state index contributed by atoms with van der Waals surface area (Å²) in [6.45, 7) is 1.30. The van der Waals surface area contributed by atoms with Crippen LogP contribution in [-0.2, 0) is 11.2 Å². The minimum atomic E-state index is -0.225. The lowest BCUT2D eigenvalue weighted by Crippen LogP contribution is -2.38. The van der Waals surface area contributed by atoms with Gasteiger partial charge in [0.05, 0.1) is 5.69 Å². The van der Waals surface area contributed by atoms with Gasteiger partial charge in [-0.1, -0.05) is 47.2 Å². The predicted molar refractivity (Wildman–Crippen MR) is 114 cm³/mol. The Hall–Kier alpha value is -2.51. The third-order valence-electron chi connectivity index (χ3n) is 5.02. The zero-order chi connectivity index (χ0) is 20.2. The molecule has 0 saturated carbocycles. The second-order valence-electron chi connectivity index (χ2n) is 7.01. The van der Waals surface area contributed by atoms with E-state index in [0.717, 1.165) is 10.6 Å². The molecule has 1 aliphatic heterocycles. The van der Waals surface area contributed by atoms with Crippen LogP contribution in [0.2, 0.25) is 5.02 Å². The molecule has 1 fully saturated rings. The Labute approximate surface area is 177 Å². The number of anilines is 2.